The molecule has 0 radical (unpaired) electrons. The number of anilines is 6. The maximum Gasteiger partial charge on any atom is 0.138 e. The first-order valence-electron chi connectivity index (χ1n) is 18.1. The third-order valence-corrected chi connectivity index (χ3v) is 10.7. The number of rotatable bonds is 6. The first-order valence-corrected chi connectivity index (χ1v) is 18.1. The molecule has 1 aliphatic rings. The van der Waals surface area contributed by atoms with Gasteiger partial charge in [0.1, 0.15) is 11.5 Å². The third kappa shape index (κ3) is 4.75. The van der Waals surface area contributed by atoms with E-state index in [4.69, 9.17) is 4.74 Å². The second kappa shape index (κ2) is 11.7. The summed E-state index contributed by atoms with van der Waals surface area (Å²) in [7, 11) is 0. The van der Waals surface area contributed by atoms with Crippen LogP contribution in [0.15, 0.2) is 194 Å². The molecule has 0 unspecified atom stereocenters. The molecule has 3 nitrogen and oxygen atoms in total. The summed E-state index contributed by atoms with van der Waals surface area (Å²) in [5.41, 5.74) is 6.56. The largest absolute Gasteiger partial charge is 0.456 e. The fourth-order valence-electron chi connectivity index (χ4n) is 8.29. The molecule has 1 heterocycles. The smallest absolute Gasteiger partial charge is 0.138 e. The molecule has 3 heteroatoms. The van der Waals surface area contributed by atoms with Crippen LogP contribution in [0.2, 0.25) is 0 Å². The Morgan fingerprint density at radius 1 is 0.283 bits per heavy atom. The molecule has 10 aromatic rings. The van der Waals surface area contributed by atoms with Gasteiger partial charge in [0.05, 0.1) is 11.4 Å². The molecule has 0 bridgehead atoms. The molecule has 0 fully saturated rings. The van der Waals surface area contributed by atoms with Crippen LogP contribution in [0.3, 0.4) is 0 Å². The number of nitrogens with zero attached hydrogens (tertiary/aromatic N) is 2. The number of fused-ring (bicyclic) bond motifs is 2. The van der Waals surface area contributed by atoms with Gasteiger partial charge in [-0.1, -0.05) is 121 Å². The quantitative estimate of drug-likeness (QED) is 0.163. The van der Waals surface area contributed by atoms with Gasteiger partial charge in [0.25, 0.3) is 0 Å². The van der Waals surface area contributed by atoms with E-state index in [-0.39, 0.29) is 0 Å². The molecule has 0 spiro atoms. The Bertz CT molecular complexity index is 3050. The van der Waals surface area contributed by atoms with Gasteiger partial charge in [-0.05, 0) is 99.0 Å². The van der Waals surface area contributed by atoms with Gasteiger partial charge in [-0.25, -0.2) is 0 Å². The average molecular weight is 677 g/mol. The van der Waals surface area contributed by atoms with Crippen LogP contribution in [-0.2, 0) is 0 Å². The van der Waals surface area contributed by atoms with E-state index in [1.54, 1.807) is 0 Å². The normalized spacial score (nSPS) is 11.9. The van der Waals surface area contributed by atoms with E-state index in [9.17, 15) is 0 Å². The lowest BCUT2D eigenvalue weighted by Gasteiger charge is -2.30. The van der Waals surface area contributed by atoms with E-state index in [1.807, 2.05) is 0 Å². The van der Waals surface area contributed by atoms with Gasteiger partial charge in [0, 0.05) is 50.4 Å². The van der Waals surface area contributed by atoms with Crippen LogP contribution < -0.4 is 14.5 Å². The van der Waals surface area contributed by atoms with Crippen LogP contribution in [0.1, 0.15) is 0 Å². The van der Waals surface area contributed by atoms with Crippen LogP contribution in [0, 0.1) is 0 Å². The zero-order chi connectivity index (χ0) is 34.9. The fourth-order valence-corrected chi connectivity index (χ4v) is 8.29. The topological polar surface area (TPSA) is 15.7 Å². The Hall–Kier alpha value is -7.10. The molecule has 0 aliphatic carbocycles. The molecular formula is C50H32N2O. The van der Waals surface area contributed by atoms with Gasteiger partial charge in [-0.3, -0.25) is 0 Å². The summed E-state index contributed by atoms with van der Waals surface area (Å²) >= 11 is 0. The predicted octanol–water partition coefficient (Wildman–Crippen LogP) is 14.5. The number of ether oxygens (including phenoxy) is 1. The highest BCUT2D eigenvalue weighted by Crippen LogP contribution is 2.52. The SMILES string of the molecule is c1ccc(N(c2ccc3ccccc3c2)c2cc3c4c(ccc5ccc6c(N(c7ccccc7)c7ccc8ccccc8c7)ccc(c6c54)O3)c2)cc1. The highest BCUT2D eigenvalue weighted by Gasteiger charge is 2.25. The minimum absolute atomic E-state index is 0.868. The van der Waals surface area contributed by atoms with E-state index in [0.717, 1.165) is 67.2 Å². The van der Waals surface area contributed by atoms with E-state index in [2.05, 4.69) is 204 Å². The van der Waals surface area contributed by atoms with Crippen LogP contribution in [-0.4, -0.2) is 0 Å². The van der Waals surface area contributed by atoms with Crippen LogP contribution in [0.25, 0.3) is 53.9 Å². The maximum atomic E-state index is 6.98. The lowest BCUT2D eigenvalue weighted by molar-refractivity contribution is 0.493. The van der Waals surface area contributed by atoms with Gasteiger partial charge in [-0.2, -0.15) is 0 Å². The Balaban J connectivity index is 1.13. The molecular weight excluding hydrogens is 645 g/mol. The van der Waals surface area contributed by atoms with Gasteiger partial charge in [-0.15, -0.1) is 0 Å². The van der Waals surface area contributed by atoms with Crippen molar-refractivity contribution in [2.45, 2.75) is 0 Å². The standard InChI is InChI=1S/C50H32N2O/c1-3-15-39(16-4-1)51(41-24-21-33-11-7-9-13-36(33)29-41)43-31-38-20-19-35-23-26-44-45(27-28-46-50(44)49(35)48(38)47(32-43)53-46)52(40-17-5-2-6-18-40)42-25-22-34-12-8-10-14-37(34)30-42/h1-32H. The summed E-state index contributed by atoms with van der Waals surface area (Å²) < 4.78 is 6.98. The minimum Gasteiger partial charge on any atom is -0.456 e. The lowest BCUT2D eigenvalue weighted by Crippen LogP contribution is -2.11. The first-order chi connectivity index (χ1) is 26.3. The Morgan fingerprint density at radius 3 is 1.49 bits per heavy atom. The summed E-state index contributed by atoms with van der Waals surface area (Å²) in [6.45, 7) is 0. The van der Waals surface area contributed by atoms with Crippen molar-refractivity contribution in [1.29, 1.82) is 0 Å². The van der Waals surface area contributed by atoms with Crippen LogP contribution >= 0.6 is 0 Å². The molecule has 0 N–H and O–H groups in total. The van der Waals surface area contributed by atoms with Crippen molar-refractivity contribution in [3.8, 4) is 11.5 Å². The zero-order valence-corrected chi connectivity index (χ0v) is 28.8. The molecule has 0 amide bonds. The lowest BCUT2D eigenvalue weighted by atomic mass is 9.92. The summed E-state index contributed by atoms with van der Waals surface area (Å²) in [5, 5.41) is 11.9. The van der Waals surface area contributed by atoms with Crippen molar-refractivity contribution in [1.82, 2.24) is 0 Å². The van der Waals surface area contributed by atoms with Gasteiger partial charge in [0.2, 0.25) is 0 Å². The fraction of sp³-hybridized carbons (Fsp3) is 0. The van der Waals surface area contributed by atoms with Crippen molar-refractivity contribution < 1.29 is 4.74 Å². The molecule has 0 aromatic heterocycles. The number of hydrogen-bond acceptors (Lipinski definition) is 3. The molecule has 1 aliphatic heterocycles. The second-order valence-corrected chi connectivity index (χ2v) is 13.8. The zero-order valence-electron chi connectivity index (χ0n) is 28.8. The second-order valence-electron chi connectivity index (χ2n) is 13.8. The summed E-state index contributed by atoms with van der Waals surface area (Å²) in [4.78, 5) is 4.70. The molecule has 0 saturated carbocycles. The van der Waals surface area contributed by atoms with Crippen molar-refractivity contribution in [2.24, 2.45) is 0 Å². The minimum atomic E-state index is 0.868. The average Bonchev–Trinajstić information content (AvgIpc) is 3.22. The molecule has 0 atom stereocenters. The van der Waals surface area contributed by atoms with E-state index in [1.165, 1.54) is 32.3 Å². The first kappa shape index (κ1) is 29.6. The number of para-hydroxylation sites is 2. The molecule has 10 aromatic carbocycles. The summed E-state index contributed by atoms with van der Waals surface area (Å²) in [6, 6.07) is 69.7. The van der Waals surface area contributed by atoms with Gasteiger partial charge >= 0.3 is 0 Å². The number of hydrogen-bond donors (Lipinski definition) is 0. The van der Waals surface area contributed by atoms with Crippen molar-refractivity contribution in [3.05, 3.63) is 194 Å². The molecule has 248 valence electrons. The van der Waals surface area contributed by atoms with E-state index in [0.29, 0.717) is 0 Å². The Kier molecular flexibility index (Phi) is 6.55. The van der Waals surface area contributed by atoms with Crippen LogP contribution in [0.5, 0.6) is 11.5 Å². The highest BCUT2D eigenvalue weighted by molar-refractivity contribution is 6.27. The Morgan fingerprint density at radius 2 is 0.811 bits per heavy atom. The molecule has 11 rings (SSSR count). The van der Waals surface area contributed by atoms with Crippen molar-refractivity contribution in [3.63, 3.8) is 0 Å². The monoisotopic (exact) mass is 676 g/mol. The molecule has 53 heavy (non-hydrogen) atoms. The van der Waals surface area contributed by atoms with Crippen molar-refractivity contribution >= 4 is 88.0 Å². The van der Waals surface area contributed by atoms with Crippen molar-refractivity contribution in [2.75, 3.05) is 9.80 Å². The van der Waals surface area contributed by atoms with E-state index < -0.39 is 0 Å². The van der Waals surface area contributed by atoms with Crippen LogP contribution in [0.4, 0.5) is 34.1 Å². The van der Waals surface area contributed by atoms with E-state index >= 15 is 0 Å². The van der Waals surface area contributed by atoms with Gasteiger partial charge < -0.3 is 14.5 Å². The number of benzene rings is 10. The van der Waals surface area contributed by atoms with Gasteiger partial charge in [0.15, 0.2) is 0 Å². The summed E-state index contributed by atoms with van der Waals surface area (Å²) in [5.74, 6) is 1.74. The third-order valence-electron chi connectivity index (χ3n) is 10.7. The highest BCUT2D eigenvalue weighted by atomic mass is 16.5. The maximum absolute atomic E-state index is 6.98. The predicted molar refractivity (Wildman–Crippen MR) is 223 cm³/mol. The molecule has 0 saturated heterocycles. The summed E-state index contributed by atoms with van der Waals surface area (Å²) in [6.07, 6.45) is 0. The Labute approximate surface area is 307 Å².